The standard InChI is InChI=1S/C8H13N3O/c1-5(9)4-7-10-8(12-11-7)6-2-3-6/h5-6H,2-4,9H2,1H3. The monoisotopic (exact) mass is 167 g/mol. The number of hydrogen-bond donors (Lipinski definition) is 1. The van der Waals surface area contributed by atoms with Gasteiger partial charge in [0.05, 0.1) is 0 Å². The largest absolute Gasteiger partial charge is 0.339 e. The quantitative estimate of drug-likeness (QED) is 0.724. The van der Waals surface area contributed by atoms with Crippen LogP contribution < -0.4 is 5.73 Å². The Bertz CT molecular complexity index is 265. The molecule has 1 heterocycles. The van der Waals surface area contributed by atoms with Gasteiger partial charge in [0, 0.05) is 18.4 Å². The second-order valence-corrected chi connectivity index (χ2v) is 3.50. The maximum Gasteiger partial charge on any atom is 0.229 e. The summed E-state index contributed by atoms with van der Waals surface area (Å²) in [6.07, 6.45) is 3.09. The lowest BCUT2D eigenvalue weighted by atomic mass is 10.2. The van der Waals surface area contributed by atoms with Crippen molar-refractivity contribution in [3.05, 3.63) is 11.7 Å². The van der Waals surface area contributed by atoms with Gasteiger partial charge in [0.25, 0.3) is 0 Å². The van der Waals surface area contributed by atoms with Gasteiger partial charge in [-0.3, -0.25) is 0 Å². The first-order valence-electron chi connectivity index (χ1n) is 4.34. The molecule has 4 nitrogen and oxygen atoms in total. The predicted molar refractivity (Wildman–Crippen MR) is 43.6 cm³/mol. The summed E-state index contributed by atoms with van der Waals surface area (Å²) in [6.45, 7) is 1.94. The number of nitrogens with two attached hydrogens (primary N) is 1. The third kappa shape index (κ3) is 1.64. The highest BCUT2D eigenvalue weighted by molar-refractivity contribution is 5.02. The van der Waals surface area contributed by atoms with Crippen LogP contribution in [0.1, 0.15) is 37.4 Å². The lowest BCUT2D eigenvalue weighted by molar-refractivity contribution is 0.373. The van der Waals surface area contributed by atoms with Crippen molar-refractivity contribution in [2.45, 2.75) is 38.1 Å². The summed E-state index contributed by atoms with van der Waals surface area (Å²) in [5.74, 6) is 2.08. The summed E-state index contributed by atoms with van der Waals surface area (Å²) in [5, 5.41) is 3.85. The minimum absolute atomic E-state index is 0.106. The van der Waals surface area contributed by atoms with Gasteiger partial charge in [-0.1, -0.05) is 5.16 Å². The molecular formula is C8H13N3O. The Morgan fingerprint density at radius 3 is 3.00 bits per heavy atom. The average molecular weight is 167 g/mol. The second-order valence-electron chi connectivity index (χ2n) is 3.50. The van der Waals surface area contributed by atoms with Gasteiger partial charge >= 0.3 is 0 Å². The van der Waals surface area contributed by atoms with Gasteiger partial charge in [-0.05, 0) is 19.8 Å². The van der Waals surface area contributed by atoms with Gasteiger partial charge in [-0.2, -0.15) is 4.98 Å². The molecular weight excluding hydrogens is 154 g/mol. The first-order valence-corrected chi connectivity index (χ1v) is 4.34. The molecule has 1 atom stereocenters. The first kappa shape index (κ1) is 7.73. The maximum atomic E-state index is 5.60. The zero-order chi connectivity index (χ0) is 8.55. The molecule has 4 heteroatoms. The van der Waals surface area contributed by atoms with E-state index in [1.165, 1.54) is 12.8 Å². The van der Waals surface area contributed by atoms with E-state index >= 15 is 0 Å². The average Bonchev–Trinajstić information content (AvgIpc) is 2.73. The van der Waals surface area contributed by atoms with Gasteiger partial charge in [0.2, 0.25) is 5.89 Å². The Balaban J connectivity index is 2.03. The van der Waals surface area contributed by atoms with E-state index in [1.54, 1.807) is 0 Å². The Morgan fingerprint density at radius 1 is 1.67 bits per heavy atom. The van der Waals surface area contributed by atoms with Gasteiger partial charge < -0.3 is 10.3 Å². The third-order valence-electron chi connectivity index (χ3n) is 1.91. The van der Waals surface area contributed by atoms with E-state index in [0.717, 1.165) is 11.7 Å². The Labute approximate surface area is 71.1 Å². The predicted octanol–water partition coefficient (Wildman–Crippen LogP) is 0.837. The summed E-state index contributed by atoms with van der Waals surface area (Å²) in [7, 11) is 0. The van der Waals surface area contributed by atoms with E-state index in [1.807, 2.05) is 6.92 Å². The van der Waals surface area contributed by atoms with Gasteiger partial charge in [-0.25, -0.2) is 0 Å². The van der Waals surface area contributed by atoms with E-state index in [2.05, 4.69) is 10.1 Å². The second kappa shape index (κ2) is 2.86. The number of aromatic nitrogens is 2. The third-order valence-corrected chi connectivity index (χ3v) is 1.91. The summed E-state index contributed by atoms with van der Waals surface area (Å²) >= 11 is 0. The number of hydrogen-bond acceptors (Lipinski definition) is 4. The van der Waals surface area contributed by atoms with Gasteiger partial charge in [0.15, 0.2) is 5.82 Å². The Morgan fingerprint density at radius 2 is 2.42 bits per heavy atom. The first-order chi connectivity index (χ1) is 5.75. The highest BCUT2D eigenvalue weighted by Crippen LogP contribution is 2.38. The number of rotatable bonds is 3. The van der Waals surface area contributed by atoms with Crippen molar-refractivity contribution < 1.29 is 4.52 Å². The highest BCUT2D eigenvalue weighted by atomic mass is 16.5. The van der Waals surface area contributed by atoms with Crippen LogP contribution in [-0.4, -0.2) is 16.2 Å². The number of nitrogens with zero attached hydrogens (tertiary/aromatic N) is 2. The molecule has 2 rings (SSSR count). The lowest BCUT2D eigenvalue weighted by Gasteiger charge is -1.96. The van der Waals surface area contributed by atoms with Crippen LogP contribution in [0.4, 0.5) is 0 Å². The van der Waals surface area contributed by atoms with Crippen molar-refractivity contribution in [2.75, 3.05) is 0 Å². The molecule has 0 spiro atoms. The summed E-state index contributed by atoms with van der Waals surface area (Å²) in [5.41, 5.74) is 5.60. The highest BCUT2D eigenvalue weighted by Gasteiger charge is 2.29. The van der Waals surface area contributed by atoms with Crippen LogP contribution in [0, 0.1) is 0 Å². The fraction of sp³-hybridized carbons (Fsp3) is 0.750. The maximum absolute atomic E-state index is 5.60. The summed E-state index contributed by atoms with van der Waals surface area (Å²) in [6, 6.07) is 0.106. The molecule has 0 saturated heterocycles. The van der Waals surface area contributed by atoms with Crippen LogP contribution in [0.3, 0.4) is 0 Å². The molecule has 1 unspecified atom stereocenters. The van der Waals surface area contributed by atoms with Crippen molar-refractivity contribution in [1.82, 2.24) is 10.1 Å². The lowest BCUT2D eigenvalue weighted by Crippen LogP contribution is -2.18. The van der Waals surface area contributed by atoms with Crippen molar-refractivity contribution in [3.63, 3.8) is 0 Å². The van der Waals surface area contributed by atoms with E-state index in [0.29, 0.717) is 12.3 Å². The molecule has 66 valence electrons. The van der Waals surface area contributed by atoms with Crippen LogP contribution in [0.2, 0.25) is 0 Å². The van der Waals surface area contributed by atoms with E-state index in [9.17, 15) is 0 Å². The fourth-order valence-electron chi connectivity index (χ4n) is 1.13. The van der Waals surface area contributed by atoms with Gasteiger partial charge in [0.1, 0.15) is 0 Å². The molecule has 0 aliphatic heterocycles. The normalized spacial score (nSPS) is 19.5. The molecule has 1 saturated carbocycles. The van der Waals surface area contributed by atoms with Crippen LogP contribution in [0.5, 0.6) is 0 Å². The minimum atomic E-state index is 0.106. The molecule has 0 amide bonds. The minimum Gasteiger partial charge on any atom is -0.339 e. The molecule has 12 heavy (non-hydrogen) atoms. The van der Waals surface area contributed by atoms with Crippen LogP contribution in [0.15, 0.2) is 4.52 Å². The zero-order valence-electron chi connectivity index (χ0n) is 7.16. The smallest absolute Gasteiger partial charge is 0.229 e. The van der Waals surface area contributed by atoms with E-state index < -0.39 is 0 Å². The van der Waals surface area contributed by atoms with Crippen molar-refractivity contribution >= 4 is 0 Å². The van der Waals surface area contributed by atoms with Crippen molar-refractivity contribution in [1.29, 1.82) is 0 Å². The fourth-order valence-corrected chi connectivity index (χ4v) is 1.13. The van der Waals surface area contributed by atoms with Gasteiger partial charge in [-0.15, -0.1) is 0 Å². The SMILES string of the molecule is CC(N)Cc1noc(C2CC2)n1. The van der Waals surface area contributed by atoms with Crippen LogP contribution in [-0.2, 0) is 6.42 Å². The van der Waals surface area contributed by atoms with Crippen molar-refractivity contribution in [2.24, 2.45) is 5.73 Å². The van der Waals surface area contributed by atoms with E-state index in [-0.39, 0.29) is 6.04 Å². The van der Waals surface area contributed by atoms with Crippen LogP contribution in [0.25, 0.3) is 0 Å². The molecule has 1 fully saturated rings. The molecule has 1 aromatic heterocycles. The zero-order valence-corrected chi connectivity index (χ0v) is 7.16. The summed E-state index contributed by atoms with van der Waals surface area (Å²) < 4.78 is 5.07. The van der Waals surface area contributed by atoms with Crippen molar-refractivity contribution in [3.8, 4) is 0 Å². The molecule has 1 aliphatic rings. The molecule has 0 aromatic carbocycles. The Kier molecular flexibility index (Phi) is 1.84. The molecule has 0 radical (unpaired) electrons. The molecule has 0 bridgehead atoms. The summed E-state index contributed by atoms with van der Waals surface area (Å²) in [4.78, 5) is 4.25. The van der Waals surface area contributed by atoms with Crippen LogP contribution >= 0.6 is 0 Å². The topological polar surface area (TPSA) is 64.9 Å². The molecule has 1 aliphatic carbocycles. The molecule has 2 N–H and O–H groups in total. The Hall–Kier alpha value is -0.900. The van der Waals surface area contributed by atoms with E-state index in [4.69, 9.17) is 10.3 Å². The molecule has 1 aromatic rings.